The predicted molar refractivity (Wildman–Crippen MR) is 69.0 cm³/mol. The molecule has 6 heteroatoms. The van der Waals surface area contributed by atoms with E-state index in [-0.39, 0.29) is 11.4 Å². The van der Waals surface area contributed by atoms with Crippen LogP contribution in [-0.2, 0) is 4.74 Å². The van der Waals surface area contributed by atoms with Crippen LogP contribution >= 0.6 is 0 Å². The van der Waals surface area contributed by atoms with Crippen molar-refractivity contribution in [3.8, 4) is 0 Å². The molecule has 0 atom stereocenters. The molecule has 18 heavy (non-hydrogen) atoms. The smallest absolute Gasteiger partial charge is 0.172 e. The van der Waals surface area contributed by atoms with Gasteiger partial charge in [-0.2, -0.15) is 0 Å². The Hall–Kier alpha value is -1.82. The van der Waals surface area contributed by atoms with Crippen LogP contribution in [0.3, 0.4) is 0 Å². The first-order valence-electron chi connectivity index (χ1n) is 5.83. The highest BCUT2D eigenvalue weighted by Crippen LogP contribution is 2.29. The van der Waals surface area contributed by atoms with Gasteiger partial charge in [-0.05, 0) is 19.9 Å². The molecule has 0 unspecified atom stereocenters. The Labute approximate surface area is 106 Å². The Balaban J connectivity index is 2.44. The number of nitrogens with two attached hydrogens (primary N) is 1. The number of morpholine rings is 1. The Morgan fingerprint density at radius 2 is 2.39 bits per heavy atom. The molecule has 0 bridgehead atoms. The number of aromatic nitrogens is 1. The minimum atomic E-state index is -0.147. The Morgan fingerprint density at radius 3 is 3.06 bits per heavy atom. The number of nitrogens with zero attached hydrogens (tertiary/aromatic N) is 3. The summed E-state index contributed by atoms with van der Waals surface area (Å²) < 4.78 is 5.49. The van der Waals surface area contributed by atoms with Gasteiger partial charge < -0.3 is 20.6 Å². The molecule has 0 aliphatic carbocycles. The standard InChI is InChI=1S/C12H18N4O2/c1-12(2)8-18-6-5-16(12)10-7-14-4-3-9(10)11(13)15-17/h3-4,7,17H,5-6,8H2,1-2H3,(H2,13,15). The van der Waals surface area contributed by atoms with Gasteiger partial charge in [0.2, 0.25) is 0 Å². The van der Waals surface area contributed by atoms with Gasteiger partial charge in [0.15, 0.2) is 5.84 Å². The van der Waals surface area contributed by atoms with Crippen molar-refractivity contribution in [3.63, 3.8) is 0 Å². The first kappa shape index (κ1) is 12.6. The molecule has 0 spiro atoms. The maximum Gasteiger partial charge on any atom is 0.172 e. The molecule has 0 amide bonds. The number of rotatable bonds is 2. The Morgan fingerprint density at radius 1 is 1.61 bits per heavy atom. The van der Waals surface area contributed by atoms with Gasteiger partial charge in [0, 0.05) is 18.3 Å². The Bertz CT molecular complexity index is 459. The molecule has 1 aliphatic rings. The molecule has 0 radical (unpaired) electrons. The summed E-state index contributed by atoms with van der Waals surface area (Å²) in [5.74, 6) is 0.0923. The van der Waals surface area contributed by atoms with Crippen LogP contribution in [0, 0.1) is 0 Å². The third kappa shape index (κ3) is 2.24. The normalized spacial score (nSPS) is 19.9. The molecule has 0 saturated carbocycles. The van der Waals surface area contributed by atoms with E-state index in [9.17, 15) is 0 Å². The van der Waals surface area contributed by atoms with E-state index in [0.29, 0.717) is 18.8 Å². The maximum atomic E-state index is 8.84. The van der Waals surface area contributed by atoms with Crippen LogP contribution in [0.15, 0.2) is 23.6 Å². The lowest BCUT2D eigenvalue weighted by atomic mass is 10.0. The monoisotopic (exact) mass is 250 g/mol. The zero-order valence-corrected chi connectivity index (χ0v) is 10.6. The van der Waals surface area contributed by atoms with Crippen LogP contribution in [0.1, 0.15) is 19.4 Å². The van der Waals surface area contributed by atoms with Crippen LogP contribution in [0.4, 0.5) is 5.69 Å². The average Bonchev–Trinajstić information content (AvgIpc) is 2.37. The van der Waals surface area contributed by atoms with Crippen molar-refractivity contribution in [2.24, 2.45) is 10.9 Å². The number of anilines is 1. The van der Waals surface area contributed by atoms with E-state index in [0.717, 1.165) is 12.2 Å². The van der Waals surface area contributed by atoms with Crippen molar-refractivity contribution in [2.75, 3.05) is 24.7 Å². The van der Waals surface area contributed by atoms with Gasteiger partial charge in [-0.15, -0.1) is 0 Å². The van der Waals surface area contributed by atoms with Gasteiger partial charge in [-0.3, -0.25) is 4.98 Å². The van der Waals surface area contributed by atoms with E-state index in [1.54, 1.807) is 18.5 Å². The Kier molecular flexibility index (Phi) is 3.38. The van der Waals surface area contributed by atoms with Gasteiger partial charge in [0.05, 0.1) is 30.6 Å². The van der Waals surface area contributed by atoms with E-state index in [1.165, 1.54) is 0 Å². The van der Waals surface area contributed by atoms with Gasteiger partial charge in [-0.1, -0.05) is 5.16 Å². The summed E-state index contributed by atoms with van der Waals surface area (Å²) in [7, 11) is 0. The summed E-state index contributed by atoms with van der Waals surface area (Å²) in [6.45, 7) is 6.24. The van der Waals surface area contributed by atoms with Crippen LogP contribution in [0.5, 0.6) is 0 Å². The molecule has 0 aromatic carbocycles. The quantitative estimate of drug-likeness (QED) is 0.351. The number of hydrogen-bond donors (Lipinski definition) is 2. The summed E-state index contributed by atoms with van der Waals surface area (Å²) in [6.07, 6.45) is 3.37. The number of ether oxygens (including phenoxy) is 1. The summed E-state index contributed by atoms with van der Waals surface area (Å²) in [5, 5.41) is 11.9. The second-order valence-electron chi connectivity index (χ2n) is 4.89. The highest BCUT2D eigenvalue weighted by atomic mass is 16.5. The molecular weight excluding hydrogens is 232 g/mol. The lowest BCUT2D eigenvalue weighted by Gasteiger charge is -2.44. The first-order valence-corrected chi connectivity index (χ1v) is 5.83. The van der Waals surface area contributed by atoms with Crippen molar-refractivity contribution < 1.29 is 9.94 Å². The third-order valence-corrected chi connectivity index (χ3v) is 3.12. The first-order chi connectivity index (χ1) is 8.56. The zero-order chi connectivity index (χ0) is 13.2. The molecule has 98 valence electrons. The fraction of sp³-hybridized carbons (Fsp3) is 0.500. The molecular formula is C12H18N4O2. The predicted octanol–water partition coefficient (Wildman–Crippen LogP) is 0.791. The number of pyridine rings is 1. The number of hydrogen-bond acceptors (Lipinski definition) is 5. The van der Waals surface area contributed by atoms with Crippen molar-refractivity contribution in [2.45, 2.75) is 19.4 Å². The molecule has 1 aromatic rings. The maximum absolute atomic E-state index is 8.84. The van der Waals surface area contributed by atoms with E-state index in [2.05, 4.69) is 28.9 Å². The molecule has 1 fully saturated rings. The second kappa shape index (κ2) is 4.81. The number of amidine groups is 1. The SMILES string of the molecule is CC1(C)COCCN1c1cnccc1/C(N)=N/O. The largest absolute Gasteiger partial charge is 0.409 e. The van der Waals surface area contributed by atoms with E-state index in [1.807, 2.05) is 0 Å². The summed E-state index contributed by atoms with van der Waals surface area (Å²) in [5.41, 5.74) is 7.10. The molecule has 2 heterocycles. The minimum absolute atomic E-state index is 0.0923. The lowest BCUT2D eigenvalue weighted by molar-refractivity contribution is 0.0643. The van der Waals surface area contributed by atoms with Crippen LogP contribution < -0.4 is 10.6 Å². The topological polar surface area (TPSA) is 84.0 Å². The van der Waals surface area contributed by atoms with E-state index < -0.39 is 0 Å². The second-order valence-corrected chi connectivity index (χ2v) is 4.89. The van der Waals surface area contributed by atoms with E-state index in [4.69, 9.17) is 15.7 Å². The van der Waals surface area contributed by atoms with Crippen molar-refractivity contribution >= 4 is 11.5 Å². The summed E-state index contributed by atoms with van der Waals surface area (Å²) in [4.78, 5) is 6.31. The molecule has 6 nitrogen and oxygen atoms in total. The van der Waals surface area contributed by atoms with Gasteiger partial charge in [-0.25, -0.2) is 0 Å². The molecule has 1 aliphatic heterocycles. The lowest BCUT2D eigenvalue weighted by Crippen LogP contribution is -2.53. The molecule has 2 rings (SSSR count). The van der Waals surface area contributed by atoms with E-state index >= 15 is 0 Å². The van der Waals surface area contributed by atoms with Crippen LogP contribution in [-0.4, -0.2) is 41.3 Å². The zero-order valence-electron chi connectivity index (χ0n) is 10.6. The molecule has 3 N–H and O–H groups in total. The fourth-order valence-electron chi connectivity index (χ4n) is 2.18. The molecule has 1 saturated heterocycles. The van der Waals surface area contributed by atoms with Crippen LogP contribution in [0.2, 0.25) is 0 Å². The summed E-state index contributed by atoms with van der Waals surface area (Å²) >= 11 is 0. The fourth-order valence-corrected chi connectivity index (χ4v) is 2.18. The van der Waals surface area contributed by atoms with Gasteiger partial charge in [0.1, 0.15) is 0 Å². The molecule has 1 aromatic heterocycles. The van der Waals surface area contributed by atoms with Gasteiger partial charge in [0.25, 0.3) is 0 Å². The third-order valence-electron chi connectivity index (χ3n) is 3.12. The van der Waals surface area contributed by atoms with Gasteiger partial charge >= 0.3 is 0 Å². The van der Waals surface area contributed by atoms with Crippen LogP contribution in [0.25, 0.3) is 0 Å². The van der Waals surface area contributed by atoms with Crippen molar-refractivity contribution in [1.82, 2.24) is 4.98 Å². The highest BCUT2D eigenvalue weighted by Gasteiger charge is 2.32. The highest BCUT2D eigenvalue weighted by molar-refractivity contribution is 6.02. The average molecular weight is 250 g/mol. The summed E-state index contributed by atoms with van der Waals surface area (Å²) in [6, 6.07) is 1.75. The number of oxime groups is 1. The van der Waals surface area contributed by atoms with Crippen molar-refractivity contribution in [1.29, 1.82) is 0 Å². The van der Waals surface area contributed by atoms with Crippen molar-refractivity contribution in [3.05, 3.63) is 24.0 Å². The minimum Gasteiger partial charge on any atom is -0.409 e.